The first-order valence-electron chi connectivity index (χ1n) is 9.46. The van der Waals surface area contributed by atoms with E-state index in [-0.39, 0.29) is 42.9 Å². The molecule has 2 N–H and O–H groups in total. The van der Waals surface area contributed by atoms with Gasteiger partial charge in [-0.1, -0.05) is 0 Å². The Balaban J connectivity index is 2.28. The minimum absolute atomic E-state index is 0.0461. The summed E-state index contributed by atoms with van der Waals surface area (Å²) in [6.07, 6.45) is -4.28. The molecule has 1 fully saturated rings. The molecule has 0 aliphatic heterocycles. The molecular weight excluding hydrogens is 387 g/mol. The van der Waals surface area contributed by atoms with Crippen LogP contribution in [0.15, 0.2) is 18.2 Å². The molecule has 1 aromatic rings. The van der Waals surface area contributed by atoms with Gasteiger partial charge in [0.05, 0.1) is 16.6 Å². The largest absolute Gasteiger partial charge is 0.488 e. The Kier molecular flexibility index (Phi) is 6.10. The average Bonchev–Trinajstić information content (AvgIpc) is 2.93. The van der Waals surface area contributed by atoms with Crippen LogP contribution in [0.25, 0.3) is 0 Å². The predicted molar refractivity (Wildman–Crippen MR) is 101 cm³/mol. The Morgan fingerprint density at radius 1 is 1.17 bits per heavy atom. The van der Waals surface area contributed by atoms with Crippen LogP contribution < -0.4 is 10.1 Å². The number of hydrogen-bond donors (Lipinski definition) is 2. The number of ether oxygens (including phenoxy) is 1. The maximum Gasteiger partial charge on any atom is 0.416 e. The molecule has 29 heavy (non-hydrogen) atoms. The van der Waals surface area contributed by atoms with Crippen molar-refractivity contribution >= 4 is 11.7 Å². The molecule has 0 saturated heterocycles. The van der Waals surface area contributed by atoms with Crippen LogP contribution in [0.3, 0.4) is 0 Å². The summed E-state index contributed by atoms with van der Waals surface area (Å²) in [5, 5.41) is 13.1. The summed E-state index contributed by atoms with van der Waals surface area (Å²) >= 11 is 0. The number of amides is 1. The van der Waals surface area contributed by atoms with Gasteiger partial charge in [-0.15, -0.1) is 0 Å². The maximum atomic E-state index is 13.3. The number of nitrogens with one attached hydrogen (secondary N) is 1. The van der Waals surface area contributed by atoms with E-state index < -0.39 is 34.3 Å². The summed E-state index contributed by atoms with van der Waals surface area (Å²) in [7, 11) is 0. The molecule has 1 unspecified atom stereocenters. The third-order valence-corrected chi connectivity index (χ3v) is 5.11. The molecule has 1 aliphatic carbocycles. The van der Waals surface area contributed by atoms with E-state index >= 15 is 0 Å². The molecule has 0 aromatic heterocycles. The van der Waals surface area contributed by atoms with E-state index in [1.807, 2.05) is 0 Å². The van der Waals surface area contributed by atoms with Crippen LogP contribution in [0, 0.1) is 5.41 Å². The van der Waals surface area contributed by atoms with Crippen LogP contribution in [0.1, 0.15) is 65.0 Å². The van der Waals surface area contributed by atoms with Crippen molar-refractivity contribution in [2.45, 2.75) is 77.8 Å². The lowest BCUT2D eigenvalue weighted by Gasteiger charge is -2.38. The number of hydrogen-bond acceptors (Lipinski definition) is 4. The van der Waals surface area contributed by atoms with E-state index in [0.29, 0.717) is 0 Å². The molecule has 0 spiro atoms. The molecule has 0 radical (unpaired) electrons. The van der Waals surface area contributed by atoms with Gasteiger partial charge in [0.25, 0.3) is 0 Å². The first-order valence-corrected chi connectivity index (χ1v) is 9.46. The van der Waals surface area contributed by atoms with E-state index in [9.17, 15) is 27.9 Å². The van der Waals surface area contributed by atoms with Gasteiger partial charge in [-0.25, -0.2) is 0 Å². The molecule has 1 atom stereocenters. The van der Waals surface area contributed by atoms with Gasteiger partial charge in [0.2, 0.25) is 5.91 Å². The Morgan fingerprint density at radius 3 is 2.24 bits per heavy atom. The number of carbonyl (C=O) groups excluding carboxylic acids is 2. The van der Waals surface area contributed by atoms with Crippen LogP contribution in [0.5, 0.6) is 5.75 Å². The van der Waals surface area contributed by atoms with E-state index in [4.69, 9.17) is 4.74 Å². The summed E-state index contributed by atoms with van der Waals surface area (Å²) in [5.41, 5.74) is -4.10. The zero-order valence-electron chi connectivity index (χ0n) is 17.4. The van der Waals surface area contributed by atoms with E-state index in [0.717, 1.165) is 12.1 Å². The molecule has 8 heteroatoms. The molecule has 1 amide bonds. The molecule has 1 aromatic carbocycles. The SMILES string of the molecule is CC(C)(C)Oc1cc(CNC(=O)C2(C(C)(C)O)CCC(=O)C2)cc(C(F)(F)F)c1. The number of carbonyl (C=O) groups is 2. The number of alkyl halides is 3. The molecule has 1 saturated carbocycles. The minimum Gasteiger partial charge on any atom is -0.488 e. The normalized spacial score (nSPS) is 20.7. The second-order valence-corrected chi connectivity index (χ2v) is 9.12. The number of aliphatic hydroxyl groups is 1. The van der Waals surface area contributed by atoms with Crippen LogP contribution >= 0.6 is 0 Å². The summed E-state index contributed by atoms with van der Waals surface area (Å²) in [6.45, 7) is 7.90. The molecule has 162 valence electrons. The molecule has 1 aliphatic rings. The zero-order valence-corrected chi connectivity index (χ0v) is 17.4. The Labute approximate surface area is 168 Å². The van der Waals surface area contributed by atoms with Crippen molar-refractivity contribution < 1.29 is 32.6 Å². The molecule has 2 rings (SSSR count). The van der Waals surface area contributed by atoms with Gasteiger partial charge in [0.15, 0.2) is 0 Å². The highest BCUT2D eigenvalue weighted by Gasteiger charge is 2.54. The predicted octanol–water partition coefficient (Wildman–Crippen LogP) is 4.01. The third kappa shape index (κ3) is 5.50. The van der Waals surface area contributed by atoms with Crippen molar-refractivity contribution in [3.63, 3.8) is 0 Å². The number of halogens is 3. The smallest absolute Gasteiger partial charge is 0.416 e. The van der Waals surface area contributed by atoms with Crippen molar-refractivity contribution in [3.05, 3.63) is 29.3 Å². The van der Waals surface area contributed by atoms with Crippen molar-refractivity contribution in [1.82, 2.24) is 5.32 Å². The molecule has 0 heterocycles. The first kappa shape index (κ1) is 23.2. The lowest BCUT2D eigenvalue weighted by Crippen LogP contribution is -2.52. The topological polar surface area (TPSA) is 75.6 Å². The van der Waals surface area contributed by atoms with E-state index in [2.05, 4.69) is 5.32 Å². The number of rotatable bonds is 5. The number of Topliss-reactive ketones (excluding diaryl/α,β-unsaturated/α-hetero) is 1. The average molecular weight is 415 g/mol. The van der Waals surface area contributed by atoms with Gasteiger partial charge in [-0.3, -0.25) is 9.59 Å². The van der Waals surface area contributed by atoms with Crippen molar-refractivity contribution in [3.8, 4) is 5.75 Å². The highest BCUT2D eigenvalue weighted by molar-refractivity contribution is 5.94. The summed E-state index contributed by atoms with van der Waals surface area (Å²) in [6, 6.07) is 3.31. The second-order valence-electron chi connectivity index (χ2n) is 9.12. The van der Waals surface area contributed by atoms with Crippen LogP contribution in [0.2, 0.25) is 0 Å². The molecule has 5 nitrogen and oxygen atoms in total. The fourth-order valence-corrected chi connectivity index (χ4v) is 3.55. The van der Waals surface area contributed by atoms with Gasteiger partial charge in [0.1, 0.15) is 17.1 Å². The molecule has 0 bridgehead atoms. The summed E-state index contributed by atoms with van der Waals surface area (Å²) in [4.78, 5) is 24.6. The van der Waals surface area contributed by atoms with E-state index in [1.165, 1.54) is 19.9 Å². The highest BCUT2D eigenvalue weighted by atomic mass is 19.4. The van der Waals surface area contributed by atoms with Gasteiger partial charge >= 0.3 is 6.18 Å². The number of benzene rings is 1. The van der Waals surface area contributed by atoms with Gasteiger partial charge in [0, 0.05) is 19.4 Å². The van der Waals surface area contributed by atoms with Crippen LogP contribution in [-0.4, -0.2) is 28.0 Å². The fourth-order valence-electron chi connectivity index (χ4n) is 3.55. The Hall–Kier alpha value is -2.09. The standard InChI is InChI=1S/C21H28F3NO4/c1-18(2,3)29-16-9-13(8-14(10-16)21(22,23)24)12-25-17(27)20(19(4,5)28)7-6-15(26)11-20/h8-10,28H,6-7,11-12H2,1-5H3,(H,25,27). The lowest BCUT2D eigenvalue weighted by atomic mass is 9.71. The molecular formula is C21H28F3NO4. The third-order valence-electron chi connectivity index (χ3n) is 5.11. The number of ketones is 1. The first-order chi connectivity index (χ1) is 13.0. The van der Waals surface area contributed by atoms with Crippen LogP contribution in [-0.2, 0) is 22.3 Å². The van der Waals surface area contributed by atoms with E-state index in [1.54, 1.807) is 20.8 Å². The zero-order chi connectivity index (χ0) is 22.3. The Bertz CT molecular complexity index is 791. The van der Waals surface area contributed by atoms with Gasteiger partial charge in [-0.2, -0.15) is 13.2 Å². The Morgan fingerprint density at radius 2 is 1.79 bits per heavy atom. The van der Waals surface area contributed by atoms with Gasteiger partial charge in [-0.05, 0) is 64.8 Å². The van der Waals surface area contributed by atoms with Crippen LogP contribution in [0.4, 0.5) is 13.2 Å². The maximum absolute atomic E-state index is 13.3. The highest BCUT2D eigenvalue weighted by Crippen LogP contribution is 2.45. The quantitative estimate of drug-likeness (QED) is 0.762. The fraction of sp³-hybridized carbons (Fsp3) is 0.619. The lowest BCUT2D eigenvalue weighted by molar-refractivity contribution is -0.148. The van der Waals surface area contributed by atoms with Crippen molar-refractivity contribution in [2.75, 3.05) is 0 Å². The van der Waals surface area contributed by atoms with Crippen molar-refractivity contribution in [2.24, 2.45) is 5.41 Å². The minimum atomic E-state index is -4.57. The summed E-state index contributed by atoms with van der Waals surface area (Å²) < 4.78 is 45.4. The van der Waals surface area contributed by atoms with Gasteiger partial charge < -0.3 is 15.2 Å². The monoisotopic (exact) mass is 415 g/mol. The summed E-state index contributed by atoms with van der Waals surface area (Å²) in [5.74, 6) is -0.626. The second kappa shape index (κ2) is 7.63. The van der Waals surface area contributed by atoms with Crippen molar-refractivity contribution in [1.29, 1.82) is 0 Å².